The number of aliphatic imine (C=N–C) groups is 2. The maximum Gasteiger partial charge on any atom is 0.218 e. The summed E-state index contributed by atoms with van der Waals surface area (Å²) in [5.74, 6) is 0.764. The summed E-state index contributed by atoms with van der Waals surface area (Å²) in [7, 11) is 0. The summed E-state index contributed by atoms with van der Waals surface area (Å²) in [6.45, 7) is 6.76. The van der Waals surface area contributed by atoms with E-state index in [9.17, 15) is 0 Å². The van der Waals surface area contributed by atoms with Gasteiger partial charge in [0, 0.05) is 25.6 Å². The Kier molecular flexibility index (Phi) is 9.24. The first-order valence-electron chi connectivity index (χ1n) is 7.67. The number of hydrogen-bond donors (Lipinski definition) is 1. The van der Waals surface area contributed by atoms with Gasteiger partial charge in [-0.1, -0.05) is 30.4 Å². The van der Waals surface area contributed by atoms with Gasteiger partial charge in [-0.25, -0.2) is 4.99 Å². The van der Waals surface area contributed by atoms with Crippen LogP contribution in [-0.4, -0.2) is 31.1 Å². The molecule has 120 valence electrons. The van der Waals surface area contributed by atoms with Gasteiger partial charge in [0.25, 0.3) is 0 Å². The van der Waals surface area contributed by atoms with Crippen LogP contribution in [0.5, 0.6) is 0 Å². The molecular weight excluding hydrogens is 294 g/mol. The van der Waals surface area contributed by atoms with E-state index < -0.39 is 0 Å². The minimum absolute atomic E-state index is 0.284. The molecule has 0 aromatic rings. The normalized spacial score (nSPS) is 20.5. The second-order valence-corrected chi connectivity index (χ2v) is 5.07. The lowest BCUT2D eigenvalue weighted by Gasteiger charge is -2.20. The summed E-state index contributed by atoms with van der Waals surface area (Å²) < 4.78 is 0. The summed E-state index contributed by atoms with van der Waals surface area (Å²) >= 11 is 4.64. The second kappa shape index (κ2) is 11.0. The molecule has 0 fully saturated rings. The van der Waals surface area contributed by atoms with Crippen molar-refractivity contribution < 1.29 is 0 Å². The Labute approximate surface area is 139 Å². The summed E-state index contributed by atoms with van der Waals surface area (Å²) in [4.78, 5) is 8.67. The molecule has 22 heavy (non-hydrogen) atoms. The highest BCUT2D eigenvalue weighted by Crippen LogP contribution is 2.19. The van der Waals surface area contributed by atoms with Crippen LogP contribution in [0.1, 0.15) is 32.6 Å². The molecule has 1 aliphatic heterocycles. The van der Waals surface area contributed by atoms with Crippen LogP contribution in [0.25, 0.3) is 0 Å². The van der Waals surface area contributed by atoms with Crippen LogP contribution in [0, 0.1) is 0 Å². The van der Waals surface area contributed by atoms with E-state index in [1.54, 1.807) is 0 Å². The van der Waals surface area contributed by atoms with Gasteiger partial charge in [-0.2, -0.15) is 0 Å². The summed E-state index contributed by atoms with van der Waals surface area (Å²) in [6, 6.07) is 0.284. The molecule has 0 aromatic carbocycles. The van der Waals surface area contributed by atoms with Crippen molar-refractivity contribution >= 4 is 23.8 Å². The predicted molar refractivity (Wildman–Crippen MR) is 99.1 cm³/mol. The average Bonchev–Trinajstić information content (AvgIpc) is 2.58. The maximum absolute atomic E-state index is 4.64. The summed E-state index contributed by atoms with van der Waals surface area (Å²) in [5.41, 5.74) is 2.61. The largest absolute Gasteiger partial charge is 0.348 e. The highest BCUT2D eigenvalue weighted by atomic mass is 35.5. The monoisotopic (exact) mass is 319 g/mol. The molecule has 1 atom stereocenters. The van der Waals surface area contributed by atoms with Gasteiger partial charge < -0.3 is 5.32 Å². The number of hydrogen-bond acceptors (Lipinski definition) is 3. The third-order valence-electron chi connectivity index (χ3n) is 3.39. The first-order chi connectivity index (χ1) is 10.8. The Bertz CT molecular complexity index is 498. The van der Waals surface area contributed by atoms with Crippen molar-refractivity contribution in [2.75, 3.05) is 12.9 Å². The molecule has 0 radical (unpaired) electrons. The number of guanidine groups is 1. The number of halogens is 1. The van der Waals surface area contributed by atoms with Crippen molar-refractivity contribution in [3.8, 4) is 0 Å². The average molecular weight is 320 g/mol. The third kappa shape index (κ3) is 6.44. The molecule has 0 amide bonds. The van der Waals surface area contributed by atoms with Crippen molar-refractivity contribution in [1.82, 2.24) is 5.32 Å². The van der Waals surface area contributed by atoms with E-state index in [1.807, 2.05) is 12.3 Å². The minimum Gasteiger partial charge on any atom is -0.348 e. The van der Waals surface area contributed by atoms with Gasteiger partial charge in [0.05, 0.1) is 6.04 Å². The van der Waals surface area contributed by atoms with Crippen LogP contribution in [0.3, 0.4) is 0 Å². The molecular formula is C18H26ClN3. The van der Waals surface area contributed by atoms with E-state index in [4.69, 9.17) is 0 Å². The van der Waals surface area contributed by atoms with Crippen LogP contribution in [0.15, 0.2) is 58.1 Å². The molecule has 0 aromatic heterocycles. The van der Waals surface area contributed by atoms with Gasteiger partial charge in [0.15, 0.2) is 0 Å². The van der Waals surface area contributed by atoms with Crippen LogP contribution < -0.4 is 5.32 Å². The summed E-state index contributed by atoms with van der Waals surface area (Å²) in [5, 5.41) is 3.39. The lowest BCUT2D eigenvalue weighted by molar-refractivity contribution is 0.718. The molecule has 2 rings (SSSR count). The lowest BCUT2D eigenvalue weighted by atomic mass is 9.97. The van der Waals surface area contributed by atoms with E-state index >= 15 is 0 Å². The smallest absolute Gasteiger partial charge is 0.218 e. The fraction of sp³-hybridized carbons (Fsp3) is 0.444. The Hall–Kier alpha value is -1.61. The van der Waals surface area contributed by atoms with Gasteiger partial charge in [-0.3, -0.25) is 4.99 Å². The van der Waals surface area contributed by atoms with Gasteiger partial charge >= 0.3 is 0 Å². The molecule has 0 spiro atoms. The Morgan fingerprint density at radius 3 is 2.95 bits per heavy atom. The van der Waals surface area contributed by atoms with Crippen LogP contribution >= 0.6 is 11.6 Å². The Morgan fingerprint density at radius 1 is 1.45 bits per heavy atom. The molecule has 1 aliphatic carbocycles. The van der Waals surface area contributed by atoms with E-state index in [0.717, 1.165) is 38.2 Å². The highest BCUT2D eigenvalue weighted by Gasteiger charge is 2.12. The van der Waals surface area contributed by atoms with Crippen LogP contribution in [-0.2, 0) is 0 Å². The second-order valence-electron chi connectivity index (χ2n) is 5.07. The van der Waals surface area contributed by atoms with Crippen LogP contribution in [0.4, 0.5) is 0 Å². The van der Waals surface area contributed by atoms with E-state index in [0.29, 0.717) is 0 Å². The maximum atomic E-state index is 4.64. The summed E-state index contributed by atoms with van der Waals surface area (Å²) in [6.07, 6.45) is 18.3. The topological polar surface area (TPSA) is 36.8 Å². The minimum atomic E-state index is 0.284. The van der Waals surface area contributed by atoms with Gasteiger partial charge in [-0.05, 0) is 37.3 Å². The number of nitrogens with zero attached hydrogens (tertiary/aromatic N) is 2. The fourth-order valence-electron chi connectivity index (χ4n) is 2.25. The number of alkyl halides is 1. The van der Waals surface area contributed by atoms with E-state index in [-0.39, 0.29) is 6.04 Å². The molecule has 3 nitrogen and oxygen atoms in total. The van der Waals surface area contributed by atoms with Crippen molar-refractivity contribution in [1.29, 1.82) is 0 Å². The molecule has 1 unspecified atom stereocenters. The Balaban J connectivity index is 0.00000116. The van der Waals surface area contributed by atoms with Gasteiger partial charge in [0.2, 0.25) is 5.96 Å². The van der Waals surface area contributed by atoms with Crippen molar-refractivity contribution in [3.63, 3.8) is 0 Å². The van der Waals surface area contributed by atoms with E-state index in [2.05, 4.69) is 64.7 Å². The zero-order valence-electron chi connectivity index (χ0n) is 13.6. The highest BCUT2D eigenvalue weighted by molar-refractivity contribution is 6.15. The molecule has 0 bridgehead atoms. The number of nitrogens with one attached hydrogen (secondary N) is 1. The molecule has 0 saturated carbocycles. The fourth-order valence-corrected chi connectivity index (χ4v) is 2.25. The molecule has 2 aliphatic rings. The number of rotatable bonds is 5. The number of unbranched alkanes of at least 4 members (excludes halogenated alkanes) is 1. The zero-order chi connectivity index (χ0) is 16.2. The number of allylic oxidation sites excluding steroid dienone is 5. The molecule has 4 heteroatoms. The predicted octanol–water partition coefficient (Wildman–Crippen LogP) is 4.43. The van der Waals surface area contributed by atoms with Crippen molar-refractivity contribution in [2.24, 2.45) is 9.98 Å². The van der Waals surface area contributed by atoms with Crippen LogP contribution in [0.2, 0.25) is 0 Å². The van der Waals surface area contributed by atoms with E-state index in [1.165, 1.54) is 17.5 Å². The zero-order valence-corrected chi connectivity index (χ0v) is 14.3. The SMILES string of the molecule is C=CCC/C=C(\C)C1=CC(NC2=NCCC=N2)CC=C1.CCl. The van der Waals surface area contributed by atoms with Crippen molar-refractivity contribution in [2.45, 2.75) is 38.6 Å². The Morgan fingerprint density at radius 2 is 2.27 bits per heavy atom. The third-order valence-corrected chi connectivity index (χ3v) is 3.39. The van der Waals surface area contributed by atoms with Gasteiger partial charge in [0.1, 0.15) is 0 Å². The quantitative estimate of drug-likeness (QED) is 0.454. The molecule has 0 saturated heterocycles. The lowest BCUT2D eigenvalue weighted by Crippen LogP contribution is -2.34. The first-order valence-corrected chi connectivity index (χ1v) is 8.43. The molecule has 1 N–H and O–H groups in total. The van der Waals surface area contributed by atoms with Gasteiger partial charge in [-0.15, -0.1) is 18.2 Å². The first kappa shape index (κ1) is 18.4. The molecule has 1 heterocycles. The standard InChI is InChI=1S/C17H23N3.CH3Cl/c1-3-4-5-8-14(2)15-9-6-10-16(13-15)20-17-18-11-7-12-19-17;1-2/h3,6,8-9,11,13,16H,1,4-5,7,10,12H2,2H3,(H,19,20);1H3/b14-8+;. The van der Waals surface area contributed by atoms with Crippen molar-refractivity contribution in [3.05, 3.63) is 48.1 Å².